The summed E-state index contributed by atoms with van der Waals surface area (Å²) in [4.78, 5) is 6.17. The largest absolute Gasteiger partial charge is 0.481 e. The first kappa shape index (κ1) is 16.5. The summed E-state index contributed by atoms with van der Waals surface area (Å²) < 4.78 is 29.1. The number of hydrogen-bond donors (Lipinski definition) is 1. The Bertz CT molecular complexity index is 563. The summed E-state index contributed by atoms with van der Waals surface area (Å²) in [5.74, 6) is 2.02. The molecule has 1 saturated heterocycles. The van der Waals surface area contributed by atoms with Gasteiger partial charge in [-0.3, -0.25) is 4.90 Å². The van der Waals surface area contributed by atoms with E-state index in [2.05, 4.69) is 4.98 Å². The van der Waals surface area contributed by atoms with Gasteiger partial charge in [-0.2, -0.15) is 11.8 Å². The standard InChI is InChI=1S/C13H21N3O3S2/c1-19-12-4-3-10(8-15-12)11(7-14)16-5-6-20-9-13(16)21(2,17)18/h3-4,8,11,13H,5-7,9,14H2,1-2H3. The molecule has 2 heterocycles. The third kappa shape index (κ3) is 3.88. The van der Waals surface area contributed by atoms with Crippen LogP contribution in [0.15, 0.2) is 18.3 Å². The van der Waals surface area contributed by atoms with Crippen molar-refractivity contribution in [1.82, 2.24) is 9.88 Å². The predicted octanol–water partition coefficient (Wildman–Crippen LogP) is 0.510. The van der Waals surface area contributed by atoms with E-state index in [0.29, 0.717) is 24.7 Å². The highest BCUT2D eigenvalue weighted by atomic mass is 32.2. The number of hydrogen-bond acceptors (Lipinski definition) is 7. The Hall–Kier alpha value is -0.830. The smallest absolute Gasteiger partial charge is 0.212 e. The highest BCUT2D eigenvalue weighted by Gasteiger charge is 2.35. The van der Waals surface area contributed by atoms with Crippen LogP contribution in [0.1, 0.15) is 11.6 Å². The molecule has 21 heavy (non-hydrogen) atoms. The number of ether oxygens (including phenoxy) is 1. The number of thioether (sulfide) groups is 1. The molecule has 1 aliphatic rings. The van der Waals surface area contributed by atoms with Crippen LogP contribution >= 0.6 is 11.8 Å². The molecule has 0 aliphatic carbocycles. The van der Waals surface area contributed by atoms with Gasteiger partial charge in [0.25, 0.3) is 0 Å². The fraction of sp³-hybridized carbons (Fsp3) is 0.615. The van der Waals surface area contributed by atoms with E-state index in [4.69, 9.17) is 10.5 Å². The van der Waals surface area contributed by atoms with E-state index in [1.807, 2.05) is 11.0 Å². The first-order valence-corrected chi connectivity index (χ1v) is 9.80. The second kappa shape index (κ2) is 6.95. The van der Waals surface area contributed by atoms with Gasteiger partial charge in [0.2, 0.25) is 5.88 Å². The summed E-state index contributed by atoms with van der Waals surface area (Å²) in [6.07, 6.45) is 2.99. The van der Waals surface area contributed by atoms with Crippen LogP contribution < -0.4 is 10.5 Å². The van der Waals surface area contributed by atoms with Crippen molar-refractivity contribution in [1.29, 1.82) is 0 Å². The molecule has 1 aliphatic heterocycles. The first-order chi connectivity index (χ1) is 9.97. The number of aromatic nitrogens is 1. The van der Waals surface area contributed by atoms with Crippen LogP contribution in [0.4, 0.5) is 0 Å². The van der Waals surface area contributed by atoms with Gasteiger partial charge in [0.1, 0.15) is 5.37 Å². The molecule has 2 N–H and O–H groups in total. The van der Waals surface area contributed by atoms with Crippen molar-refractivity contribution in [2.75, 3.05) is 38.0 Å². The number of sulfone groups is 1. The van der Waals surface area contributed by atoms with Gasteiger partial charge < -0.3 is 10.5 Å². The average molecular weight is 331 g/mol. The van der Waals surface area contributed by atoms with E-state index < -0.39 is 15.2 Å². The van der Waals surface area contributed by atoms with Crippen LogP contribution in [0.5, 0.6) is 5.88 Å². The zero-order chi connectivity index (χ0) is 15.5. The molecule has 6 nitrogen and oxygen atoms in total. The van der Waals surface area contributed by atoms with Crippen LogP contribution in [0.3, 0.4) is 0 Å². The molecule has 2 unspecified atom stereocenters. The summed E-state index contributed by atoms with van der Waals surface area (Å²) in [5.41, 5.74) is 6.82. The molecular weight excluding hydrogens is 310 g/mol. The molecule has 2 atom stereocenters. The number of rotatable bonds is 5. The number of nitrogens with two attached hydrogens (primary N) is 1. The maximum absolute atomic E-state index is 12.0. The molecule has 8 heteroatoms. The van der Waals surface area contributed by atoms with Crippen LogP contribution in [0, 0.1) is 0 Å². The van der Waals surface area contributed by atoms with Crippen molar-refractivity contribution in [3.8, 4) is 5.88 Å². The Labute approximate surface area is 130 Å². The van der Waals surface area contributed by atoms with Gasteiger partial charge >= 0.3 is 0 Å². The summed E-state index contributed by atoms with van der Waals surface area (Å²) in [6, 6.07) is 3.51. The minimum absolute atomic E-state index is 0.149. The summed E-state index contributed by atoms with van der Waals surface area (Å²) in [5, 5.41) is -0.494. The molecular formula is C13H21N3O3S2. The third-order valence-corrected chi connectivity index (χ3v) is 6.25. The fourth-order valence-corrected chi connectivity index (χ4v) is 5.41. The minimum Gasteiger partial charge on any atom is -0.481 e. The quantitative estimate of drug-likeness (QED) is 0.841. The normalized spacial score (nSPS) is 22.0. The van der Waals surface area contributed by atoms with E-state index in [0.717, 1.165) is 11.3 Å². The lowest BCUT2D eigenvalue weighted by atomic mass is 10.1. The number of methoxy groups -OCH3 is 1. The molecule has 1 aromatic rings. The molecule has 118 valence electrons. The van der Waals surface area contributed by atoms with Crippen LogP contribution in [-0.2, 0) is 9.84 Å². The van der Waals surface area contributed by atoms with Crippen LogP contribution in [0.2, 0.25) is 0 Å². The van der Waals surface area contributed by atoms with Crippen LogP contribution in [0.25, 0.3) is 0 Å². The lowest BCUT2D eigenvalue weighted by Gasteiger charge is -2.39. The van der Waals surface area contributed by atoms with Crippen molar-refractivity contribution in [3.05, 3.63) is 23.9 Å². The molecule has 0 bridgehead atoms. The first-order valence-electron chi connectivity index (χ1n) is 6.69. The number of pyridine rings is 1. The average Bonchev–Trinajstić information content (AvgIpc) is 2.48. The molecule has 1 aromatic heterocycles. The molecule has 0 amide bonds. The monoisotopic (exact) mass is 331 g/mol. The SMILES string of the molecule is COc1ccc(C(CN)N2CCSCC2S(C)(=O)=O)cn1. The molecule has 0 spiro atoms. The maximum atomic E-state index is 12.0. The second-order valence-corrected chi connectivity index (χ2v) is 8.34. The summed E-state index contributed by atoms with van der Waals surface area (Å²) in [6.45, 7) is 1.06. The van der Waals surface area contributed by atoms with Crippen molar-refractivity contribution < 1.29 is 13.2 Å². The van der Waals surface area contributed by atoms with Gasteiger partial charge in [0.05, 0.1) is 7.11 Å². The van der Waals surface area contributed by atoms with Crippen molar-refractivity contribution in [2.24, 2.45) is 5.73 Å². The highest BCUT2D eigenvalue weighted by Crippen LogP contribution is 2.29. The minimum atomic E-state index is -3.15. The summed E-state index contributed by atoms with van der Waals surface area (Å²) in [7, 11) is -1.59. The molecule has 0 saturated carbocycles. The maximum Gasteiger partial charge on any atom is 0.212 e. The van der Waals surface area contributed by atoms with E-state index in [1.165, 1.54) is 6.26 Å². The van der Waals surface area contributed by atoms with Gasteiger partial charge in [-0.25, -0.2) is 13.4 Å². The lowest BCUT2D eigenvalue weighted by Crippen LogP contribution is -2.50. The van der Waals surface area contributed by atoms with Gasteiger partial charge in [-0.05, 0) is 5.56 Å². The highest BCUT2D eigenvalue weighted by molar-refractivity contribution is 8.00. The fourth-order valence-electron chi connectivity index (χ4n) is 2.49. The van der Waals surface area contributed by atoms with E-state index in [1.54, 1.807) is 31.1 Å². The van der Waals surface area contributed by atoms with Gasteiger partial charge in [0, 0.05) is 49.2 Å². The van der Waals surface area contributed by atoms with E-state index in [9.17, 15) is 8.42 Å². The number of nitrogens with zero attached hydrogens (tertiary/aromatic N) is 2. The van der Waals surface area contributed by atoms with Gasteiger partial charge in [-0.1, -0.05) is 6.07 Å². The Morgan fingerprint density at radius 2 is 2.33 bits per heavy atom. The van der Waals surface area contributed by atoms with E-state index >= 15 is 0 Å². The predicted molar refractivity (Wildman–Crippen MR) is 85.2 cm³/mol. The topological polar surface area (TPSA) is 85.5 Å². The third-order valence-electron chi connectivity index (χ3n) is 3.60. The second-order valence-electron chi connectivity index (χ2n) is 4.98. The Kier molecular flexibility index (Phi) is 5.48. The zero-order valence-electron chi connectivity index (χ0n) is 12.2. The van der Waals surface area contributed by atoms with Crippen molar-refractivity contribution in [2.45, 2.75) is 11.4 Å². The lowest BCUT2D eigenvalue weighted by molar-refractivity contribution is 0.197. The Morgan fingerprint density at radius 3 is 2.86 bits per heavy atom. The Balaban J connectivity index is 2.29. The molecule has 2 rings (SSSR count). The molecule has 1 fully saturated rings. The van der Waals surface area contributed by atoms with Crippen molar-refractivity contribution in [3.63, 3.8) is 0 Å². The summed E-state index contributed by atoms with van der Waals surface area (Å²) >= 11 is 1.67. The van der Waals surface area contributed by atoms with Gasteiger partial charge in [-0.15, -0.1) is 0 Å². The zero-order valence-corrected chi connectivity index (χ0v) is 13.9. The molecule has 0 aromatic carbocycles. The van der Waals surface area contributed by atoms with Crippen LogP contribution in [-0.4, -0.2) is 61.6 Å². The van der Waals surface area contributed by atoms with Gasteiger partial charge in [0.15, 0.2) is 9.84 Å². The van der Waals surface area contributed by atoms with E-state index in [-0.39, 0.29) is 6.04 Å². The van der Waals surface area contributed by atoms with Crippen molar-refractivity contribution >= 4 is 21.6 Å². The Morgan fingerprint density at radius 1 is 1.57 bits per heavy atom. The molecule has 0 radical (unpaired) electrons.